The number of hydrogen-bond donors (Lipinski definition) is 0. The number of rotatable bonds is 4. The minimum Gasteiger partial charge on any atom is -0.446 e. The Morgan fingerprint density at radius 2 is 2.02 bits per heavy atom. The molecule has 1 atom stereocenters. The third-order valence-electron chi connectivity index (χ3n) is 8.48. The average Bonchev–Trinajstić information content (AvgIpc) is 3.57. The highest BCUT2D eigenvalue weighted by molar-refractivity contribution is 6.00. The first-order chi connectivity index (χ1) is 19.7. The van der Waals surface area contributed by atoms with E-state index in [0.29, 0.717) is 62.6 Å². The van der Waals surface area contributed by atoms with Gasteiger partial charge < -0.3 is 19.1 Å². The van der Waals surface area contributed by atoms with Crippen molar-refractivity contribution in [2.24, 2.45) is 11.3 Å². The molecule has 0 unspecified atom stereocenters. The molecule has 9 heteroatoms. The highest BCUT2D eigenvalue weighted by Crippen LogP contribution is 2.41. The summed E-state index contributed by atoms with van der Waals surface area (Å²) in [5.41, 5.74) is 2.63. The van der Waals surface area contributed by atoms with Crippen molar-refractivity contribution in [2.75, 3.05) is 37.6 Å². The summed E-state index contributed by atoms with van der Waals surface area (Å²) in [7, 11) is 0. The van der Waals surface area contributed by atoms with Crippen LogP contribution in [0.5, 0.6) is 0 Å². The Bertz CT molecular complexity index is 1470. The van der Waals surface area contributed by atoms with Crippen LogP contribution in [0.15, 0.2) is 70.8 Å². The number of oxazole rings is 1. The number of aryl methyl sites for hydroxylation is 1. The number of amides is 3. The second kappa shape index (κ2) is 11.6. The van der Waals surface area contributed by atoms with E-state index in [-0.39, 0.29) is 30.7 Å². The quantitative estimate of drug-likeness (QED) is 0.567. The van der Waals surface area contributed by atoms with Crippen molar-refractivity contribution in [3.63, 3.8) is 0 Å². The molecule has 212 valence electrons. The zero-order chi connectivity index (χ0) is 29.1. The van der Waals surface area contributed by atoms with E-state index in [1.165, 1.54) is 0 Å². The van der Waals surface area contributed by atoms with Gasteiger partial charge in [0.2, 0.25) is 17.7 Å². The standard InChI is InChI=1S/C32H35N5O4/c1-22-14-25(16-29-19-34-23(2)41-29)7-5-11-36(21-32(22)9-12-35(13-10-32)24(3)38)31(40)27-17-30(39)37(20-27)28-8-4-6-26(15-28)18-33/h4-8,14-15,19,27H,1,9-13,16-17,20-21H2,2-3H3/b7-5-,25-14+/t27-/m0/s1. The van der Waals surface area contributed by atoms with Crippen LogP contribution in [0, 0.1) is 29.6 Å². The Labute approximate surface area is 240 Å². The van der Waals surface area contributed by atoms with Crippen molar-refractivity contribution < 1.29 is 18.8 Å². The predicted octanol–water partition coefficient (Wildman–Crippen LogP) is 3.96. The van der Waals surface area contributed by atoms with Gasteiger partial charge >= 0.3 is 0 Å². The second-order valence-electron chi connectivity index (χ2n) is 11.2. The van der Waals surface area contributed by atoms with Crippen LogP contribution >= 0.6 is 0 Å². The third-order valence-corrected chi connectivity index (χ3v) is 8.48. The van der Waals surface area contributed by atoms with Crippen LogP contribution in [-0.2, 0) is 20.8 Å². The Kier molecular flexibility index (Phi) is 7.93. The van der Waals surface area contributed by atoms with Crippen molar-refractivity contribution in [2.45, 2.75) is 39.5 Å². The van der Waals surface area contributed by atoms with Crippen molar-refractivity contribution in [3.05, 3.63) is 83.6 Å². The smallest absolute Gasteiger partial charge is 0.228 e. The van der Waals surface area contributed by atoms with Gasteiger partial charge in [-0.1, -0.05) is 30.9 Å². The number of nitriles is 1. The molecular weight excluding hydrogens is 518 g/mol. The van der Waals surface area contributed by atoms with Gasteiger partial charge in [0.25, 0.3) is 0 Å². The monoisotopic (exact) mass is 553 g/mol. The number of aromatic nitrogens is 1. The fourth-order valence-electron chi connectivity index (χ4n) is 6.11. The van der Waals surface area contributed by atoms with Crippen LogP contribution in [0.3, 0.4) is 0 Å². The van der Waals surface area contributed by atoms with Gasteiger partial charge in [-0.15, -0.1) is 0 Å². The summed E-state index contributed by atoms with van der Waals surface area (Å²) >= 11 is 0. The van der Waals surface area contributed by atoms with Gasteiger partial charge in [-0.2, -0.15) is 5.26 Å². The summed E-state index contributed by atoms with van der Waals surface area (Å²) in [5, 5.41) is 9.28. The maximum Gasteiger partial charge on any atom is 0.228 e. The van der Waals surface area contributed by atoms with E-state index < -0.39 is 11.3 Å². The normalized spacial score (nSPS) is 22.9. The molecule has 0 bridgehead atoms. The Morgan fingerprint density at radius 3 is 2.71 bits per heavy atom. The average molecular weight is 554 g/mol. The Morgan fingerprint density at radius 1 is 1.24 bits per heavy atom. The molecule has 0 saturated carbocycles. The van der Waals surface area contributed by atoms with E-state index in [1.807, 2.05) is 28.9 Å². The Balaban J connectivity index is 1.40. The molecule has 2 saturated heterocycles. The van der Waals surface area contributed by atoms with Crippen LogP contribution in [0.1, 0.15) is 43.4 Å². The molecule has 41 heavy (non-hydrogen) atoms. The highest BCUT2D eigenvalue weighted by Gasteiger charge is 2.43. The molecule has 2 fully saturated rings. The van der Waals surface area contributed by atoms with Crippen molar-refractivity contribution >= 4 is 23.4 Å². The first-order valence-corrected chi connectivity index (χ1v) is 14.0. The minimum absolute atomic E-state index is 0.0464. The number of nitrogens with zero attached hydrogens (tertiary/aromatic N) is 5. The predicted molar refractivity (Wildman–Crippen MR) is 153 cm³/mol. The molecule has 0 aliphatic carbocycles. The van der Waals surface area contributed by atoms with Gasteiger partial charge in [0.05, 0.1) is 23.7 Å². The maximum atomic E-state index is 14.0. The molecule has 4 heterocycles. The van der Waals surface area contributed by atoms with E-state index in [9.17, 15) is 19.6 Å². The summed E-state index contributed by atoms with van der Waals surface area (Å²) in [5.74, 6) is 0.718. The van der Waals surface area contributed by atoms with Crippen molar-refractivity contribution in [3.8, 4) is 6.07 Å². The van der Waals surface area contributed by atoms with Crippen LogP contribution in [-0.4, -0.2) is 65.2 Å². The SMILES string of the molecule is C=C1/C=C(Cc2cnc(C)o2)\C=C/CN(C(=O)[C@H]2CC(=O)N(c3cccc(C#N)c3)C2)CC12CCN(C(C)=O)CC2. The number of likely N-dealkylation sites (tertiary alicyclic amines) is 1. The molecule has 9 nitrogen and oxygen atoms in total. The summed E-state index contributed by atoms with van der Waals surface area (Å²) in [4.78, 5) is 48.7. The lowest BCUT2D eigenvalue weighted by molar-refractivity contribution is -0.138. The first-order valence-electron chi connectivity index (χ1n) is 14.0. The summed E-state index contributed by atoms with van der Waals surface area (Å²) in [6.07, 6.45) is 9.86. The van der Waals surface area contributed by atoms with Gasteiger partial charge in [0.15, 0.2) is 5.89 Å². The Hall–Kier alpha value is -4.45. The molecule has 0 radical (unpaired) electrons. The number of hydrogen-bond acceptors (Lipinski definition) is 6. The molecular formula is C32H35N5O4. The van der Waals surface area contributed by atoms with Crippen LogP contribution in [0.25, 0.3) is 0 Å². The van der Waals surface area contributed by atoms with Gasteiger partial charge in [-0.3, -0.25) is 14.4 Å². The van der Waals surface area contributed by atoms with E-state index in [4.69, 9.17) is 4.42 Å². The lowest BCUT2D eigenvalue weighted by atomic mass is 9.71. The number of benzene rings is 1. The van der Waals surface area contributed by atoms with Crippen molar-refractivity contribution in [1.82, 2.24) is 14.8 Å². The van der Waals surface area contributed by atoms with Gasteiger partial charge in [0, 0.05) is 70.5 Å². The molecule has 1 aromatic heterocycles. The van der Waals surface area contributed by atoms with Crippen LogP contribution < -0.4 is 4.90 Å². The molecule has 2 aromatic rings. The highest BCUT2D eigenvalue weighted by atomic mass is 16.4. The number of allylic oxidation sites excluding steroid dienone is 3. The molecule has 3 aliphatic heterocycles. The zero-order valence-electron chi connectivity index (χ0n) is 23.6. The fraction of sp³-hybridized carbons (Fsp3) is 0.406. The molecule has 5 rings (SSSR count). The zero-order valence-corrected chi connectivity index (χ0v) is 23.6. The fourth-order valence-corrected chi connectivity index (χ4v) is 6.11. The first kappa shape index (κ1) is 28.1. The number of piperidine rings is 1. The molecule has 3 amide bonds. The molecule has 1 aromatic carbocycles. The van der Waals surface area contributed by atoms with E-state index >= 15 is 0 Å². The summed E-state index contributed by atoms with van der Waals surface area (Å²) in [6, 6.07) is 9.02. The molecule has 0 N–H and O–H groups in total. The van der Waals surface area contributed by atoms with E-state index in [0.717, 1.165) is 16.9 Å². The van der Waals surface area contributed by atoms with E-state index in [1.54, 1.807) is 42.3 Å². The third kappa shape index (κ3) is 6.02. The summed E-state index contributed by atoms with van der Waals surface area (Å²) < 4.78 is 5.72. The number of carbonyl (C=O) groups excluding carboxylic acids is 3. The lowest BCUT2D eigenvalue weighted by Gasteiger charge is -2.45. The van der Waals surface area contributed by atoms with Gasteiger partial charge in [-0.05, 0) is 42.2 Å². The maximum absolute atomic E-state index is 14.0. The minimum atomic E-state index is -0.491. The largest absolute Gasteiger partial charge is 0.446 e. The molecule has 1 spiro atoms. The topological polar surface area (TPSA) is 111 Å². The number of carbonyl (C=O) groups is 3. The van der Waals surface area contributed by atoms with Crippen LogP contribution in [0.4, 0.5) is 5.69 Å². The summed E-state index contributed by atoms with van der Waals surface area (Å²) in [6.45, 7) is 10.2. The van der Waals surface area contributed by atoms with Gasteiger partial charge in [-0.25, -0.2) is 4.98 Å². The number of anilines is 1. The van der Waals surface area contributed by atoms with Gasteiger partial charge in [0.1, 0.15) is 5.76 Å². The van der Waals surface area contributed by atoms with Crippen molar-refractivity contribution in [1.29, 1.82) is 5.26 Å². The molecule has 3 aliphatic rings. The second-order valence-corrected chi connectivity index (χ2v) is 11.2. The lowest BCUT2D eigenvalue weighted by Crippen LogP contribution is -2.50. The van der Waals surface area contributed by atoms with E-state index in [2.05, 4.69) is 23.7 Å². The van der Waals surface area contributed by atoms with Crippen LogP contribution in [0.2, 0.25) is 0 Å².